The third-order valence-corrected chi connectivity index (χ3v) is 7.33. The summed E-state index contributed by atoms with van der Waals surface area (Å²) in [5, 5.41) is 13.4. The number of likely N-dealkylation sites (tertiary alicyclic amines) is 1. The minimum Gasteiger partial charge on any atom is -0.481 e. The molecule has 0 radical (unpaired) electrons. The number of carbonyl (C=O) groups is 3. The lowest BCUT2D eigenvalue weighted by molar-refractivity contribution is -0.160. The molecule has 2 fully saturated rings. The molecule has 1 aliphatic carbocycles. The highest BCUT2D eigenvalue weighted by Crippen LogP contribution is 2.56. The minimum atomic E-state index is -1.28. The first-order valence-corrected chi connectivity index (χ1v) is 11.5. The minimum absolute atomic E-state index is 0.238. The van der Waals surface area contributed by atoms with Crippen molar-refractivity contribution in [2.24, 2.45) is 11.8 Å². The summed E-state index contributed by atoms with van der Waals surface area (Å²) in [5.74, 6) is -2.46. The molecular formula is C24H22Cl2N2O4. The van der Waals surface area contributed by atoms with Crippen molar-refractivity contribution in [1.82, 2.24) is 4.90 Å². The Bertz CT molecular complexity index is 1130. The maximum atomic E-state index is 13.8. The van der Waals surface area contributed by atoms with E-state index >= 15 is 0 Å². The van der Waals surface area contributed by atoms with Gasteiger partial charge in [-0.15, -0.1) is 0 Å². The standard InChI is InChI=1S/C24H22Cl2N2O4/c25-16-3-1-2-14(8-16)19-9-15(10-21(29)30)22(31)28(12-13-4-5-13)24(19)18-7-6-17(26)11-20(18)27-23(24)32/h1-3,6-8,11,13,15,19H,4-5,9-10,12H2,(H,27,32)(H,29,30)/t15-,19-,24+/m1/s1. The van der Waals surface area contributed by atoms with Crippen LogP contribution in [0.1, 0.15) is 42.7 Å². The van der Waals surface area contributed by atoms with E-state index in [0.29, 0.717) is 33.8 Å². The molecule has 1 saturated carbocycles. The lowest BCUT2D eigenvalue weighted by Gasteiger charge is -2.51. The van der Waals surface area contributed by atoms with Crippen molar-refractivity contribution in [3.05, 3.63) is 63.6 Å². The Morgan fingerprint density at radius 3 is 2.56 bits per heavy atom. The van der Waals surface area contributed by atoms with Gasteiger partial charge in [-0.3, -0.25) is 14.4 Å². The summed E-state index contributed by atoms with van der Waals surface area (Å²) in [4.78, 5) is 40.7. The molecule has 6 nitrogen and oxygen atoms in total. The fourth-order valence-corrected chi connectivity index (χ4v) is 5.69. The number of hydrogen-bond donors (Lipinski definition) is 2. The number of halogens is 2. The van der Waals surface area contributed by atoms with E-state index in [-0.39, 0.29) is 24.7 Å². The molecule has 2 N–H and O–H groups in total. The van der Waals surface area contributed by atoms with Crippen molar-refractivity contribution in [3.63, 3.8) is 0 Å². The lowest BCUT2D eigenvalue weighted by Crippen LogP contribution is -2.62. The quantitative estimate of drug-likeness (QED) is 0.662. The average molecular weight is 473 g/mol. The summed E-state index contributed by atoms with van der Waals surface area (Å²) < 4.78 is 0. The van der Waals surface area contributed by atoms with E-state index in [2.05, 4.69) is 5.32 Å². The smallest absolute Gasteiger partial charge is 0.304 e. The van der Waals surface area contributed by atoms with Gasteiger partial charge in [-0.2, -0.15) is 0 Å². The molecule has 0 bridgehead atoms. The maximum Gasteiger partial charge on any atom is 0.304 e. The first-order chi connectivity index (χ1) is 15.3. The summed E-state index contributed by atoms with van der Waals surface area (Å²) in [6.07, 6.45) is 1.94. The second-order valence-corrected chi connectivity index (χ2v) is 9.81. The van der Waals surface area contributed by atoms with Gasteiger partial charge in [0.05, 0.1) is 6.42 Å². The molecule has 2 amide bonds. The molecule has 2 aromatic rings. The monoisotopic (exact) mass is 472 g/mol. The average Bonchev–Trinajstić information content (AvgIpc) is 3.51. The van der Waals surface area contributed by atoms with Gasteiger partial charge in [-0.1, -0.05) is 41.4 Å². The SMILES string of the molecule is O=C(O)C[C@H]1C[C@H](c2cccc(Cl)c2)[C@@]2(C(=O)Nc3cc(Cl)ccc32)N(CC2CC2)C1=O. The summed E-state index contributed by atoms with van der Waals surface area (Å²) in [7, 11) is 0. The molecule has 0 aromatic heterocycles. The molecule has 32 heavy (non-hydrogen) atoms. The van der Waals surface area contributed by atoms with Crippen molar-refractivity contribution >= 4 is 46.7 Å². The Labute approximate surface area is 195 Å². The second-order valence-electron chi connectivity index (χ2n) is 8.94. The highest BCUT2D eigenvalue weighted by atomic mass is 35.5. The van der Waals surface area contributed by atoms with Crippen LogP contribution in [0.5, 0.6) is 0 Å². The summed E-state index contributed by atoms with van der Waals surface area (Å²) >= 11 is 12.5. The zero-order valence-corrected chi connectivity index (χ0v) is 18.7. The number of nitrogens with one attached hydrogen (secondary N) is 1. The van der Waals surface area contributed by atoms with Crippen LogP contribution in [0.15, 0.2) is 42.5 Å². The molecule has 166 valence electrons. The second kappa shape index (κ2) is 7.78. The Morgan fingerprint density at radius 2 is 1.88 bits per heavy atom. The molecule has 1 saturated heterocycles. The van der Waals surface area contributed by atoms with Gasteiger partial charge in [0.1, 0.15) is 0 Å². The number of piperidine rings is 1. The van der Waals surface area contributed by atoms with Crippen molar-refractivity contribution in [2.75, 3.05) is 11.9 Å². The number of amides is 2. The third kappa shape index (κ3) is 3.37. The fourth-order valence-electron chi connectivity index (χ4n) is 5.32. The molecule has 5 rings (SSSR count). The molecule has 3 aliphatic rings. The molecule has 2 heterocycles. The van der Waals surface area contributed by atoms with Crippen molar-refractivity contribution < 1.29 is 19.5 Å². The number of anilines is 1. The Kier molecular flexibility index (Phi) is 5.18. The van der Waals surface area contributed by atoms with Gasteiger partial charge < -0.3 is 15.3 Å². The van der Waals surface area contributed by atoms with Crippen LogP contribution in [0.25, 0.3) is 0 Å². The number of carboxylic acid groups (broad SMARTS) is 1. The van der Waals surface area contributed by atoms with Crippen LogP contribution in [0.3, 0.4) is 0 Å². The zero-order valence-electron chi connectivity index (χ0n) is 17.2. The van der Waals surface area contributed by atoms with Gasteiger partial charge in [0, 0.05) is 39.7 Å². The van der Waals surface area contributed by atoms with Crippen LogP contribution >= 0.6 is 23.2 Å². The number of aliphatic carboxylic acids is 1. The van der Waals surface area contributed by atoms with Crippen molar-refractivity contribution in [3.8, 4) is 0 Å². The van der Waals surface area contributed by atoms with E-state index in [9.17, 15) is 19.5 Å². The molecule has 1 spiro atoms. The van der Waals surface area contributed by atoms with E-state index in [0.717, 1.165) is 18.4 Å². The van der Waals surface area contributed by atoms with E-state index < -0.39 is 23.3 Å². The summed E-state index contributed by atoms with van der Waals surface area (Å²) in [5.41, 5.74) is 0.804. The van der Waals surface area contributed by atoms with Crippen LogP contribution in [0.4, 0.5) is 5.69 Å². The van der Waals surface area contributed by atoms with Crippen LogP contribution in [-0.4, -0.2) is 34.3 Å². The predicted molar refractivity (Wildman–Crippen MR) is 121 cm³/mol. The molecule has 2 aromatic carbocycles. The van der Waals surface area contributed by atoms with Crippen molar-refractivity contribution in [1.29, 1.82) is 0 Å². The number of carbonyl (C=O) groups excluding carboxylic acids is 2. The first kappa shape index (κ1) is 21.3. The normalized spacial score (nSPS) is 26.9. The summed E-state index contributed by atoms with van der Waals surface area (Å²) in [6.45, 7) is 0.418. The molecule has 2 aliphatic heterocycles. The van der Waals surface area contributed by atoms with Crippen LogP contribution in [0, 0.1) is 11.8 Å². The number of carboxylic acids is 1. The van der Waals surface area contributed by atoms with E-state index in [1.807, 2.05) is 12.1 Å². The molecule has 3 atom stereocenters. The lowest BCUT2D eigenvalue weighted by atomic mass is 9.66. The van der Waals surface area contributed by atoms with Crippen LogP contribution in [0.2, 0.25) is 10.0 Å². The fraction of sp³-hybridized carbons (Fsp3) is 0.375. The van der Waals surface area contributed by atoms with E-state index in [1.165, 1.54) is 0 Å². The number of benzene rings is 2. The molecular weight excluding hydrogens is 451 g/mol. The topological polar surface area (TPSA) is 86.7 Å². The number of hydrogen-bond acceptors (Lipinski definition) is 3. The highest BCUT2D eigenvalue weighted by molar-refractivity contribution is 6.31. The largest absolute Gasteiger partial charge is 0.481 e. The highest BCUT2D eigenvalue weighted by Gasteiger charge is 2.62. The van der Waals surface area contributed by atoms with Gasteiger partial charge in [0.15, 0.2) is 5.54 Å². The number of nitrogens with zero attached hydrogens (tertiary/aromatic N) is 1. The Balaban J connectivity index is 1.74. The van der Waals surface area contributed by atoms with Gasteiger partial charge in [0.25, 0.3) is 5.91 Å². The van der Waals surface area contributed by atoms with Crippen LogP contribution < -0.4 is 5.32 Å². The molecule has 0 unspecified atom stereocenters. The van der Waals surface area contributed by atoms with Gasteiger partial charge >= 0.3 is 5.97 Å². The van der Waals surface area contributed by atoms with E-state index in [1.54, 1.807) is 35.2 Å². The zero-order chi connectivity index (χ0) is 22.6. The Morgan fingerprint density at radius 1 is 1.12 bits per heavy atom. The van der Waals surface area contributed by atoms with Gasteiger partial charge in [0.2, 0.25) is 5.91 Å². The van der Waals surface area contributed by atoms with Crippen molar-refractivity contribution in [2.45, 2.75) is 37.1 Å². The van der Waals surface area contributed by atoms with Gasteiger partial charge in [-0.05, 0) is 55.0 Å². The first-order valence-electron chi connectivity index (χ1n) is 10.7. The Hall–Kier alpha value is -2.57. The van der Waals surface area contributed by atoms with Gasteiger partial charge in [-0.25, -0.2) is 0 Å². The maximum absolute atomic E-state index is 13.8. The van der Waals surface area contributed by atoms with E-state index in [4.69, 9.17) is 23.2 Å². The number of fused-ring (bicyclic) bond motifs is 2. The van der Waals surface area contributed by atoms with Crippen LogP contribution in [-0.2, 0) is 19.9 Å². The predicted octanol–water partition coefficient (Wildman–Crippen LogP) is 4.66. The third-order valence-electron chi connectivity index (χ3n) is 6.86. The number of rotatable bonds is 5. The summed E-state index contributed by atoms with van der Waals surface area (Å²) in [6, 6.07) is 12.5. The molecule has 8 heteroatoms.